The van der Waals surface area contributed by atoms with E-state index in [0.717, 1.165) is 9.87 Å². The molecule has 112 valence electrons. The number of esters is 1. The van der Waals surface area contributed by atoms with Crippen molar-refractivity contribution in [1.29, 1.82) is 0 Å². The Morgan fingerprint density at radius 3 is 2.40 bits per heavy atom. The van der Waals surface area contributed by atoms with Gasteiger partial charge in [-0.3, -0.25) is 9.10 Å². The first-order valence-corrected chi connectivity index (χ1v) is 7.94. The van der Waals surface area contributed by atoms with Gasteiger partial charge in [0.25, 0.3) is 10.2 Å². The van der Waals surface area contributed by atoms with Gasteiger partial charge in [0.05, 0.1) is 12.8 Å². The molecule has 0 fully saturated rings. The number of rotatable bonds is 7. The number of hydrogen-bond donors (Lipinski definition) is 1. The smallest absolute Gasteiger partial charge is 0.305 e. The van der Waals surface area contributed by atoms with E-state index in [1.807, 2.05) is 0 Å². The summed E-state index contributed by atoms with van der Waals surface area (Å²) in [5, 5.41) is 5.13. The van der Waals surface area contributed by atoms with Gasteiger partial charge < -0.3 is 4.74 Å². The number of benzene rings is 1. The molecule has 0 atom stereocenters. The molecule has 1 rings (SSSR count). The van der Waals surface area contributed by atoms with E-state index in [9.17, 15) is 13.2 Å². The van der Waals surface area contributed by atoms with Crippen LogP contribution in [-0.4, -0.2) is 33.9 Å². The Morgan fingerprint density at radius 2 is 1.95 bits per heavy atom. The summed E-state index contributed by atoms with van der Waals surface area (Å²) in [5.41, 5.74) is 1.34. The van der Waals surface area contributed by atoms with Crippen LogP contribution in [0.3, 0.4) is 0 Å². The lowest BCUT2D eigenvalue weighted by atomic mass is 10.1. The second kappa shape index (κ2) is 7.47. The van der Waals surface area contributed by atoms with E-state index < -0.39 is 10.2 Å². The van der Waals surface area contributed by atoms with Crippen molar-refractivity contribution < 1.29 is 17.9 Å². The number of hydrogen-bond acceptors (Lipinski definition) is 4. The van der Waals surface area contributed by atoms with Crippen molar-refractivity contribution in [2.45, 2.75) is 12.8 Å². The summed E-state index contributed by atoms with van der Waals surface area (Å²) in [5.74, 6) is -0.150. The summed E-state index contributed by atoms with van der Waals surface area (Å²) in [4.78, 5) is 11.0. The number of methoxy groups -OCH3 is 1. The molecule has 0 saturated carbocycles. The fourth-order valence-electron chi connectivity index (χ4n) is 1.66. The van der Waals surface area contributed by atoms with E-state index in [0.29, 0.717) is 12.1 Å². The molecule has 8 heteroatoms. The monoisotopic (exact) mass is 320 g/mol. The van der Waals surface area contributed by atoms with Gasteiger partial charge in [-0.1, -0.05) is 12.1 Å². The van der Waals surface area contributed by atoms with Crippen LogP contribution in [0.15, 0.2) is 24.3 Å². The topological polar surface area (TPSA) is 89.7 Å². The van der Waals surface area contributed by atoms with Crippen molar-refractivity contribution in [3.8, 4) is 0 Å². The highest BCUT2D eigenvalue weighted by molar-refractivity contribution is 7.90. The van der Waals surface area contributed by atoms with Crippen LogP contribution in [0.2, 0.25) is 0 Å². The van der Waals surface area contributed by atoms with Crippen molar-refractivity contribution in [2.24, 2.45) is 5.14 Å². The third-order valence-corrected chi connectivity index (χ3v) is 3.84. The summed E-state index contributed by atoms with van der Waals surface area (Å²) in [7, 11) is -2.51. The number of carbonyl (C=O) groups is 1. The van der Waals surface area contributed by atoms with Crippen LogP contribution in [0.1, 0.15) is 12.0 Å². The minimum atomic E-state index is -3.85. The van der Waals surface area contributed by atoms with Crippen LogP contribution in [0, 0.1) is 0 Å². The summed E-state index contributed by atoms with van der Waals surface area (Å²) in [6.45, 7) is 0.0991. The van der Waals surface area contributed by atoms with Gasteiger partial charge in [-0.15, -0.1) is 11.6 Å². The number of ether oxygens (including phenoxy) is 1. The first-order valence-electron chi connectivity index (χ1n) is 5.90. The molecule has 1 aromatic rings. The van der Waals surface area contributed by atoms with Crippen molar-refractivity contribution in [1.82, 2.24) is 0 Å². The first-order chi connectivity index (χ1) is 9.38. The lowest BCUT2D eigenvalue weighted by Gasteiger charge is -2.20. The van der Waals surface area contributed by atoms with Crippen LogP contribution in [0.25, 0.3) is 0 Å². The molecule has 0 unspecified atom stereocenters. The molecule has 20 heavy (non-hydrogen) atoms. The molecule has 0 radical (unpaired) electrons. The SMILES string of the molecule is COC(=O)CCc1ccc(N(CCCl)S(N)(=O)=O)cc1. The van der Waals surface area contributed by atoms with Crippen LogP contribution in [0.4, 0.5) is 5.69 Å². The quantitative estimate of drug-likeness (QED) is 0.600. The van der Waals surface area contributed by atoms with Gasteiger partial charge >= 0.3 is 5.97 Å². The Morgan fingerprint density at radius 1 is 1.35 bits per heavy atom. The zero-order valence-corrected chi connectivity index (χ0v) is 12.7. The van der Waals surface area contributed by atoms with Crippen molar-refractivity contribution in [3.63, 3.8) is 0 Å². The van der Waals surface area contributed by atoms with E-state index >= 15 is 0 Å². The van der Waals surface area contributed by atoms with Crippen LogP contribution in [-0.2, 0) is 26.2 Å². The number of aryl methyl sites for hydroxylation is 1. The number of halogens is 1. The lowest BCUT2D eigenvalue weighted by Crippen LogP contribution is -2.38. The van der Waals surface area contributed by atoms with Gasteiger partial charge in [0.2, 0.25) is 0 Å². The van der Waals surface area contributed by atoms with Gasteiger partial charge in [-0.25, -0.2) is 5.14 Å². The molecule has 1 aromatic carbocycles. The normalized spacial score (nSPS) is 11.2. The zero-order chi connectivity index (χ0) is 15.2. The summed E-state index contributed by atoms with van der Waals surface area (Å²) in [6, 6.07) is 6.74. The van der Waals surface area contributed by atoms with E-state index in [1.54, 1.807) is 24.3 Å². The predicted octanol–water partition coefficient (Wildman–Crippen LogP) is 1.04. The van der Waals surface area contributed by atoms with Gasteiger partial charge in [-0.2, -0.15) is 8.42 Å². The van der Waals surface area contributed by atoms with Gasteiger partial charge in [0, 0.05) is 18.8 Å². The number of nitrogens with two attached hydrogens (primary N) is 1. The number of anilines is 1. The zero-order valence-electron chi connectivity index (χ0n) is 11.1. The molecule has 0 amide bonds. The van der Waals surface area contributed by atoms with Crippen LogP contribution in [0.5, 0.6) is 0 Å². The molecular formula is C12H17ClN2O4S. The van der Waals surface area contributed by atoms with Gasteiger partial charge in [0.15, 0.2) is 0 Å². The molecular weight excluding hydrogens is 304 g/mol. The fourth-order valence-corrected chi connectivity index (χ4v) is 2.69. The van der Waals surface area contributed by atoms with Gasteiger partial charge in [-0.05, 0) is 24.1 Å². The second-order valence-corrected chi connectivity index (χ2v) is 5.90. The Labute approximate surface area is 123 Å². The fraction of sp³-hybridized carbons (Fsp3) is 0.417. The second-order valence-electron chi connectivity index (χ2n) is 4.05. The molecule has 0 aliphatic heterocycles. The Kier molecular flexibility index (Phi) is 6.25. The number of carbonyl (C=O) groups excluding carboxylic acids is 1. The first kappa shape index (κ1) is 16.7. The van der Waals surface area contributed by atoms with E-state index in [-0.39, 0.29) is 24.8 Å². The van der Waals surface area contributed by atoms with Crippen molar-refractivity contribution in [2.75, 3.05) is 23.8 Å². The standard InChI is InChI=1S/C12H17ClN2O4S/c1-19-12(16)7-4-10-2-5-11(6-3-10)15(9-8-13)20(14,17)18/h2-3,5-6H,4,7-9H2,1H3,(H2,14,17,18). The Bertz CT molecular complexity index is 545. The maximum atomic E-state index is 11.4. The predicted molar refractivity (Wildman–Crippen MR) is 78.0 cm³/mol. The molecule has 0 spiro atoms. The Balaban J connectivity index is 2.81. The third kappa shape index (κ3) is 4.99. The summed E-state index contributed by atoms with van der Waals surface area (Å²) in [6.07, 6.45) is 0.800. The molecule has 6 nitrogen and oxygen atoms in total. The molecule has 0 saturated heterocycles. The molecule has 0 aromatic heterocycles. The molecule has 0 aliphatic carbocycles. The highest BCUT2D eigenvalue weighted by atomic mass is 35.5. The maximum absolute atomic E-state index is 11.4. The Hall–Kier alpha value is -1.31. The van der Waals surface area contributed by atoms with E-state index in [1.165, 1.54) is 7.11 Å². The third-order valence-electron chi connectivity index (χ3n) is 2.66. The number of alkyl halides is 1. The largest absolute Gasteiger partial charge is 0.469 e. The van der Waals surface area contributed by atoms with Gasteiger partial charge in [0.1, 0.15) is 0 Å². The van der Waals surface area contributed by atoms with Crippen LogP contribution >= 0.6 is 11.6 Å². The lowest BCUT2D eigenvalue weighted by molar-refractivity contribution is -0.140. The van der Waals surface area contributed by atoms with Crippen LogP contribution < -0.4 is 9.44 Å². The minimum Gasteiger partial charge on any atom is -0.469 e. The average molecular weight is 321 g/mol. The average Bonchev–Trinajstić information content (AvgIpc) is 2.41. The summed E-state index contributed by atoms with van der Waals surface area (Å²) >= 11 is 5.57. The highest BCUT2D eigenvalue weighted by Crippen LogP contribution is 2.18. The molecule has 0 bridgehead atoms. The van der Waals surface area contributed by atoms with E-state index in [2.05, 4.69) is 4.74 Å². The minimum absolute atomic E-state index is 0.0991. The van der Waals surface area contributed by atoms with Crippen molar-refractivity contribution in [3.05, 3.63) is 29.8 Å². The van der Waals surface area contributed by atoms with E-state index in [4.69, 9.17) is 16.7 Å². The molecule has 0 aliphatic rings. The maximum Gasteiger partial charge on any atom is 0.305 e. The molecule has 2 N–H and O–H groups in total. The highest BCUT2D eigenvalue weighted by Gasteiger charge is 2.17. The molecule has 0 heterocycles. The summed E-state index contributed by atoms with van der Waals surface area (Å²) < 4.78 is 28.5. The number of nitrogens with zero attached hydrogens (tertiary/aromatic N) is 1. The van der Waals surface area contributed by atoms with Crippen molar-refractivity contribution >= 4 is 33.5 Å².